The molecule has 0 spiro atoms. The summed E-state index contributed by atoms with van der Waals surface area (Å²) in [5.41, 5.74) is 0. The summed E-state index contributed by atoms with van der Waals surface area (Å²) in [7, 11) is -9.91. The third-order valence-corrected chi connectivity index (χ3v) is 19.3. The summed E-state index contributed by atoms with van der Waals surface area (Å²) in [4.78, 5) is 72.6. The van der Waals surface area contributed by atoms with Gasteiger partial charge < -0.3 is 33.8 Å². The first-order valence-electron chi connectivity index (χ1n) is 38.2. The van der Waals surface area contributed by atoms with Gasteiger partial charge in [-0.1, -0.05) is 319 Å². The molecule has 3 unspecified atom stereocenters. The van der Waals surface area contributed by atoms with Gasteiger partial charge in [0.2, 0.25) is 0 Å². The predicted octanol–water partition coefficient (Wildman–Crippen LogP) is 21.3. The van der Waals surface area contributed by atoms with Crippen molar-refractivity contribution in [1.29, 1.82) is 0 Å². The second kappa shape index (κ2) is 63.5. The van der Waals surface area contributed by atoms with E-state index in [1.807, 2.05) is 0 Å². The maximum absolute atomic E-state index is 13.1. The molecule has 0 aromatic rings. The molecular weight excluding hydrogens is 1220 g/mol. The molecule has 0 aliphatic rings. The maximum Gasteiger partial charge on any atom is 0.472 e. The monoisotopic (exact) mass is 1370 g/mol. The van der Waals surface area contributed by atoms with Gasteiger partial charge in [0, 0.05) is 25.7 Å². The number of hydrogen-bond acceptors (Lipinski definition) is 15. The first-order chi connectivity index (χ1) is 44.6. The van der Waals surface area contributed by atoms with Crippen molar-refractivity contribution in [2.45, 2.75) is 388 Å². The minimum absolute atomic E-state index is 0.102. The average molecular weight is 1370 g/mol. The van der Waals surface area contributed by atoms with E-state index in [1.165, 1.54) is 167 Å². The van der Waals surface area contributed by atoms with E-state index in [1.54, 1.807) is 0 Å². The predicted molar refractivity (Wildman–Crippen MR) is 377 cm³/mol. The molecule has 0 saturated carbocycles. The van der Waals surface area contributed by atoms with Crippen molar-refractivity contribution in [2.24, 2.45) is 23.7 Å². The molecular formula is C74H144O17P2. The minimum Gasteiger partial charge on any atom is -0.462 e. The topological polar surface area (TPSA) is 237 Å². The summed E-state index contributed by atoms with van der Waals surface area (Å²) in [6.07, 6.45) is 47.5. The molecule has 0 amide bonds. The minimum atomic E-state index is -4.96. The number of carbonyl (C=O) groups excluding carboxylic acids is 4. The summed E-state index contributed by atoms with van der Waals surface area (Å²) in [6, 6.07) is 0. The molecule has 19 heteroatoms. The van der Waals surface area contributed by atoms with Gasteiger partial charge in [0.25, 0.3) is 0 Å². The zero-order chi connectivity index (χ0) is 68.9. The van der Waals surface area contributed by atoms with Gasteiger partial charge in [-0.25, -0.2) is 9.13 Å². The van der Waals surface area contributed by atoms with Crippen LogP contribution in [0.4, 0.5) is 0 Å². The fourth-order valence-corrected chi connectivity index (χ4v) is 12.7. The molecule has 0 aliphatic heterocycles. The van der Waals surface area contributed by atoms with Crippen LogP contribution in [-0.4, -0.2) is 96.7 Å². The Kier molecular flexibility index (Phi) is 62.2. The van der Waals surface area contributed by atoms with E-state index in [-0.39, 0.29) is 25.7 Å². The van der Waals surface area contributed by atoms with E-state index in [0.717, 1.165) is 114 Å². The SMILES string of the molecule is CCC(C)CCCCCCCCC(=O)O[C@H](COC(=O)CCCCCCCCC(C)C)COP(=O)(O)OC[C@H](O)COP(=O)(O)OC[C@@H](COC(=O)CCCCCCCCCCCCCCCCCC(C)C)OC(=O)CCCCCCCCCCCCCCCC(C)C. The Morgan fingerprint density at radius 2 is 0.516 bits per heavy atom. The Hall–Kier alpha value is -1.94. The summed E-state index contributed by atoms with van der Waals surface area (Å²) in [6.45, 7) is 14.1. The highest BCUT2D eigenvalue weighted by molar-refractivity contribution is 7.47. The van der Waals surface area contributed by atoms with Gasteiger partial charge in [-0.2, -0.15) is 0 Å². The first kappa shape index (κ1) is 91.1. The molecule has 93 heavy (non-hydrogen) atoms. The lowest BCUT2D eigenvalue weighted by Gasteiger charge is -2.21. The largest absolute Gasteiger partial charge is 0.472 e. The normalized spacial score (nSPS) is 14.5. The van der Waals surface area contributed by atoms with Crippen LogP contribution in [0.15, 0.2) is 0 Å². The highest BCUT2D eigenvalue weighted by Gasteiger charge is 2.30. The Labute approximate surface area is 568 Å². The number of aliphatic hydroxyl groups excluding tert-OH is 1. The molecule has 0 aromatic heterocycles. The zero-order valence-electron chi connectivity index (χ0n) is 60.9. The van der Waals surface area contributed by atoms with Crippen LogP contribution in [0.3, 0.4) is 0 Å². The number of rotatable bonds is 71. The number of ether oxygens (including phenoxy) is 4. The average Bonchev–Trinajstić information content (AvgIpc) is 3.19. The third-order valence-electron chi connectivity index (χ3n) is 17.4. The number of phosphoric ester groups is 2. The van der Waals surface area contributed by atoms with E-state index < -0.39 is 97.5 Å². The van der Waals surface area contributed by atoms with Gasteiger partial charge in [0.05, 0.1) is 26.4 Å². The van der Waals surface area contributed by atoms with Crippen molar-refractivity contribution in [3.63, 3.8) is 0 Å². The van der Waals surface area contributed by atoms with Crippen LogP contribution in [0.25, 0.3) is 0 Å². The Balaban J connectivity index is 5.22. The molecule has 0 fully saturated rings. The van der Waals surface area contributed by atoms with Crippen molar-refractivity contribution in [3.8, 4) is 0 Å². The number of aliphatic hydroxyl groups is 1. The molecule has 0 radical (unpaired) electrons. The summed E-state index contributed by atoms with van der Waals surface area (Å²) in [5, 5.41) is 10.6. The van der Waals surface area contributed by atoms with E-state index in [0.29, 0.717) is 31.6 Å². The second-order valence-corrected chi connectivity index (χ2v) is 31.3. The quantitative estimate of drug-likeness (QED) is 0.0222. The Morgan fingerprint density at radius 1 is 0.301 bits per heavy atom. The molecule has 0 rings (SSSR count). The lowest BCUT2D eigenvalue weighted by Crippen LogP contribution is -2.30. The van der Waals surface area contributed by atoms with Gasteiger partial charge in [0.1, 0.15) is 19.3 Å². The van der Waals surface area contributed by atoms with Crippen molar-refractivity contribution in [3.05, 3.63) is 0 Å². The van der Waals surface area contributed by atoms with E-state index in [9.17, 15) is 43.2 Å². The number of carbonyl (C=O) groups is 4. The smallest absolute Gasteiger partial charge is 0.462 e. The lowest BCUT2D eigenvalue weighted by atomic mass is 10.00. The van der Waals surface area contributed by atoms with Crippen molar-refractivity contribution in [2.75, 3.05) is 39.6 Å². The second-order valence-electron chi connectivity index (χ2n) is 28.4. The molecule has 0 saturated heterocycles. The highest BCUT2D eigenvalue weighted by atomic mass is 31.2. The van der Waals surface area contributed by atoms with Gasteiger partial charge in [0.15, 0.2) is 12.2 Å². The molecule has 0 bridgehead atoms. The van der Waals surface area contributed by atoms with Crippen molar-refractivity contribution in [1.82, 2.24) is 0 Å². The lowest BCUT2D eigenvalue weighted by molar-refractivity contribution is -0.161. The van der Waals surface area contributed by atoms with Crippen LogP contribution < -0.4 is 0 Å². The number of esters is 4. The molecule has 3 N–H and O–H groups in total. The van der Waals surface area contributed by atoms with Gasteiger partial charge >= 0.3 is 39.5 Å². The van der Waals surface area contributed by atoms with Crippen LogP contribution in [0.5, 0.6) is 0 Å². The van der Waals surface area contributed by atoms with E-state index in [4.69, 9.17) is 37.0 Å². The van der Waals surface area contributed by atoms with Crippen LogP contribution >= 0.6 is 15.6 Å². The van der Waals surface area contributed by atoms with Gasteiger partial charge in [-0.15, -0.1) is 0 Å². The number of hydrogen-bond donors (Lipinski definition) is 3. The van der Waals surface area contributed by atoms with E-state index >= 15 is 0 Å². The van der Waals surface area contributed by atoms with Crippen molar-refractivity contribution >= 4 is 39.5 Å². The zero-order valence-corrected chi connectivity index (χ0v) is 62.7. The van der Waals surface area contributed by atoms with E-state index in [2.05, 4.69) is 55.4 Å². The van der Waals surface area contributed by atoms with Gasteiger partial charge in [-0.05, 0) is 49.4 Å². The number of unbranched alkanes of at least 4 members (excludes halogenated alkanes) is 36. The van der Waals surface area contributed by atoms with Crippen LogP contribution in [0.1, 0.15) is 370 Å². The molecule has 6 atom stereocenters. The molecule has 0 aliphatic carbocycles. The third kappa shape index (κ3) is 67.0. The summed E-state index contributed by atoms with van der Waals surface area (Å²) >= 11 is 0. The standard InChI is InChI=1S/C74H144O17P2/c1-9-67(8)53-45-37-31-33-41-49-57-74(79)91-70(61-85-72(77)55-47-39-32-30-36-44-52-66(6)7)63-89-93(82,83)87-59-68(75)58-86-92(80,81)88-62-69(90-73(78)56-48-40-29-25-21-17-13-15-19-23-27-35-43-51-65(4)5)60-84-71(76)54-46-38-28-24-20-16-12-10-11-14-18-22-26-34-42-50-64(2)3/h64-70,75H,9-63H2,1-8H3,(H,80,81)(H,82,83)/t67?,68-,69-,70-/m1/s1. The number of phosphoric acid groups is 2. The Morgan fingerprint density at radius 3 is 0.763 bits per heavy atom. The molecule has 552 valence electrons. The van der Waals surface area contributed by atoms with Crippen LogP contribution in [-0.2, 0) is 65.4 Å². The first-order valence-corrected chi connectivity index (χ1v) is 41.2. The molecule has 17 nitrogen and oxygen atoms in total. The van der Waals surface area contributed by atoms with Crippen LogP contribution in [0, 0.1) is 23.7 Å². The Bertz CT molecular complexity index is 1840. The summed E-state index contributed by atoms with van der Waals surface area (Å²) < 4.78 is 68.4. The highest BCUT2D eigenvalue weighted by Crippen LogP contribution is 2.45. The fraction of sp³-hybridized carbons (Fsp3) is 0.946. The van der Waals surface area contributed by atoms with Crippen LogP contribution in [0.2, 0.25) is 0 Å². The van der Waals surface area contributed by atoms with Crippen molar-refractivity contribution < 1.29 is 80.2 Å². The molecule has 0 heterocycles. The molecule has 0 aromatic carbocycles. The fourth-order valence-electron chi connectivity index (χ4n) is 11.2. The summed E-state index contributed by atoms with van der Waals surface area (Å²) in [5.74, 6) is 0.864. The maximum atomic E-state index is 13.1. The van der Waals surface area contributed by atoms with Gasteiger partial charge in [-0.3, -0.25) is 37.3 Å².